The smallest absolute Gasteiger partial charge is 0.317 e. The largest absolute Gasteiger partial charge is 0.496 e. The summed E-state index contributed by atoms with van der Waals surface area (Å²) in [4.78, 5) is 12.5. The molecule has 1 aromatic rings. The van der Waals surface area contributed by atoms with E-state index >= 15 is 0 Å². The Morgan fingerprint density at radius 2 is 2.05 bits per heavy atom. The maximum Gasteiger partial charge on any atom is 0.317 e. The third-order valence-corrected chi connectivity index (χ3v) is 4.04. The second-order valence-electron chi connectivity index (χ2n) is 4.92. The minimum absolute atomic E-state index is 0.0880. The van der Waals surface area contributed by atoms with Gasteiger partial charge >= 0.3 is 5.97 Å². The number of para-hydroxylation sites is 1. The van der Waals surface area contributed by atoms with Gasteiger partial charge in [-0.1, -0.05) is 37.3 Å². The number of hydrogen-bond donors (Lipinski definition) is 0. The van der Waals surface area contributed by atoms with Crippen molar-refractivity contribution in [3.8, 4) is 5.75 Å². The molecule has 102 valence electrons. The molecule has 3 nitrogen and oxygen atoms in total. The number of carbonyl (C=O) groups is 1. The SMILES string of the molecule is COC(=O)[C@@]1(c2ccccc2OC)CCC=CC1C. The van der Waals surface area contributed by atoms with Gasteiger partial charge in [-0.15, -0.1) is 0 Å². The lowest BCUT2D eigenvalue weighted by molar-refractivity contribution is -0.149. The van der Waals surface area contributed by atoms with E-state index in [0.717, 1.165) is 24.2 Å². The highest BCUT2D eigenvalue weighted by atomic mass is 16.5. The van der Waals surface area contributed by atoms with Gasteiger partial charge in [0.2, 0.25) is 0 Å². The molecule has 0 saturated carbocycles. The standard InChI is InChI=1S/C16H20O3/c1-12-8-6-7-11-16(12,15(17)19-3)13-9-4-5-10-14(13)18-2/h4-6,8-10,12H,7,11H2,1-3H3/t12?,16-/m0/s1. The van der Waals surface area contributed by atoms with Gasteiger partial charge in [0, 0.05) is 5.56 Å². The van der Waals surface area contributed by atoms with Gasteiger partial charge in [-0.05, 0) is 24.8 Å². The monoisotopic (exact) mass is 260 g/mol. The molecule has 3 heteroatoms. The summed E-state index contributed by atoms with van der Waals surface area (Å²) in [6.45, 7) is 2.05. The van der Waals surface area contributed by atoms with E-state index in [4.69, 9.17) is 9.47 Å². The first-order valence-corrected chi connectivity index (χ1v) is 6.55. The lowest BCUT2D eigenvalue weighted by Gasteiger charge is -2.38. The average molecular weight is 260 g/mol. The first-order valence-electron chi connectivity index (χ1n) is 6.55. The quantitative estimate of drug-likeness (QED) is 0.619. The van der Waals surface area contributed by atoms with Crippen LogP contribution >= 0.6 is 0 Å². The molecule has 0 heterocycles. The fourth-order valence-corrected chi connectivity index (χ4v) is 2.98. The van der Waals surface area contributed by atoms with Crippen molar-refractivity contribution in [3.05, 3.63) is 42.0 Å². The van der Waals surface area contributed by atoms with Gasteiger partial charge in [-0.2, -0.15) is 0 Å². The molecule has 0 fully saturated rings. The highest BCUT2D eigenvalue weighted by Gasteiger charge is 2.47. The van der Waals surface area contributed by atoms with Gasteiger partial charge < -0.3 is 9.47 Å². The average Bonchev–Trinajstić information content (AvgIpc) is 2.47. The Hall–Kier alpha value is -1.77. The first-order chi connectivity index (χ1) is 9.16. The van der Waals surface area contributed by atoms with Crippen molar-refractivity contribution in [2.45, 2.75) is 25.2 Å². The van der Waals surface area contributed by atoms with Crippen LogP contribution in [0.5, 0.6) is 5.75 Å². The number of rotatable bonds is 3. The molecule has 1 aromatic carbocycles. The van der Waals surface area contributed by atoms with Crippen molar-refractivity contribution >= 4 is 5.97 Å². The summed E-state index contributed by atoms with van der Waals surface area (Å²) in [6, 6.07) is 7.71. The fraction of sp³-hybridized carbons (Fsp3) is 0.438. The van der Waals surface area contributed by atoms with E-state index in [9.17, 15) is 4.79 Å². The molecular weight excluding hydrogens is 240 g/mol. The molecule has 0 spiro atoms. The molecule has 0 saturated heterocycles. The van der Waals surface area contributed by atoms with Crippen molar-refractivity contribution in [1.82, 2.24) is 0 Å². The van der Waals surface area contributed by atoms with Crippen LogP contribution in [0.25, 0.3) is 0 Å². The summed E-state index contributed by atoms with van der Waals surface area (Å²) >= 11 is 0. The summed E-state index contributed by atoms with van der Waals surface area (Å²) in [5.74, 6) is 0.647. The third kappa shape index (κ3) is 2.14. The number of hydrogen-bond acceptors (Lipinski definition) is 3. The van der Waals surface area contributed by atoms with Gasteiger partial charge in [0.25, 0.3) is 0 Å². The second-order valence-corrected chi connectivity index (χ2v) is 4.92. The first kappa shape index (κ1) is 13.7. The molecule has 1 unspecified atom stereocenters. The van der Waals surface area contributed by atoms with Gasteiger partial charge in [0.15, 0.2) is 0 Å². The number of carbonyl (C=O) groups excluding carboxylic acids is 1. The van der Waals surface area contributed by atoms with Crippen molar-refractivity contribution in [1.29, 1.82) is 0 Å². The van der Waals surface area contributed by atoms with Crippen molar-refractivity contribution in [2.75, 3.05) is 14.2 Å². The number of benzene rings is 1. The molecule has 19 heavy (non-hydrogen) atoms. The van der Waals surface area contributed by atoms with Gasteiger partial charge in [-0.25, -0.2) is 0 Å². The second kappa shape index (κ2) is 5.47. The van der Waals surface area contributed by atoms with Crippen LogP contribution in [0.2, 0.25) is 0 Å². The predicted octanol–water partition coefficient (Wildman–Crippen LogP) is 3.09. The Kier molecular flexibility index (Phi) is 3.93. The number of methoxy groups -OCH3 is 2. The molecule has 0 aliphatic heterocycles. The minimum Gasteiger partial charge on any atom is -0.496 e. The lowest BCUT2D eigenvalue weighted by atomic mass is 9.65. The van der Waals surface area contributed by atoms with Crippen molar-refractivity contribution < 1.29 is 14.3 Å². The number of esters is 1. The topological polar surface area (TPSA) is 35.5 Å². The van der Waals surface area contributed by atoms with Gasteiger partial charge in [0.1, 0.15) is 11.2 Å². The van der Waals surface area contributed by atoms with Crippen LogP contribution in [0.1, 0.15) is 25.3 Å². The number of allylic oxidation sites excluding steroid dienone is 2. The van der Waals surface area contributed by atoms with E-state index in [1.54, 1.807) is 7.11 Å². The summed E-state index contributed by atoms with van der Waals surface area (Å²) in [7, 11) is 3.08. The van der Waals surface area contributed by atoms with Crippen LogP contribution in [0, 0.1) is 5.92 Å². The van der Waals surface area contributed by atoms with Gasteiger partial charge in [0.05, 0.1) is 14.2 Å². The highest BCUT2D eigenvalue weighted by molar-refractivity contribution is 5.85. The van der Waals surface area contributed by atoms with E-state index < -0.39 is 5.41 Å². The lowest BCUT2D eigenvalue weighted by Crippen LogP contribution is -2.43. The van der Waals surface area contributed by atoms with Gasteiger partial charge in [-0.3, -0.25) is 4.79 Å². The Morgan fingerprint density at radius 1 is 1.32 bits per heavy atom. The molecule has 0 bridgehead atoms. The molecule has 1 aliphatic carbocycles. The van der Waals surface area contributed by atoms with E-state index in [2.05, 4.69) is 19.1 Å². The summed E-state index contributed by atoms with van der Waals surface area (Å²) in [5, 5.41) is 0. The molecular formula is C16H20O3. The Bertz CT molecular complexity index is 493. The normalized spacial score (nSPS) is 25.9. The van der Waals surface area contributed by atoms with Crippen LogP contribution in [0.3, 0.4) is 0 Å². The number of ether oxygens (including phenoxy) is 2. The maximum absolute atomic E-state index is 12.5. The van der Waals surface area contributed by atoms with E-state index in [0.29, 0.717) is 0 Å². The molecule has 1 aliphatic rings. The molecule has 2 rings (SSSR count). The minimum atomic E-state index is -0.643. The summed E-state index contributed by atoms with van der Waals surface area (Å²) in [6.07, 6.45) is 5.84. The van der Waals surface area contributed by atoms with E-state index in [1.165, 1.54) is 7.11 Å². The van der Waals surface area contributed by atoms with Crippen molar-refractivity contribution in [2.24, 2.45) is 5.92 Å². The van der Waals surface area contributed by atoms with Crippen LogP contribution in [0.15, 0.2) is 36.4 Å². The predicted molar refractivity (Wildman–Crippen MR) is 74.2 cm³/mol. The zero-order chi connectivity index (χ0) is 13.9. The molecule has 0 N–H and O–H groups in total. The van der Waals surface area contributed by atoms with Crippen LogP contribution in [-0.4, -0.2) is 20.2 Å². The highest BCUT2D eigenvalue weighted by Crippen LogP contribution is 2.45. The Balaban J connectivity index is 2.61. The molecule has 0 amide bonds. The summed E-state index contributed by atoms with van der Waals surface area (Å²) in [5.41, 5.74) is 0.275. The fourth-order valence-electron chi connectivity index (χ4n) is 2.98. The van der Waals surface area contributed by atoms with Crippen LogP contribution < -0.4 is 4.74 Å². The molecule has 2 atom stereocenters. The van der Waals surface area contributed by atoms with Crippen molar-refractivity contribution in [3.63, 3.8) is 0 Å². The molecule has 0 aromatic heterocycles. The van der Waals surface area contributed by atoms with E-state index in [-0.39, 0.29) is 11.9 Å². The van der Waals surface area contributed by atoms with Crippen LogP contribution in [-0.2, 0) is 14.9 Å². The summed E-state index contributed by atoms with van der Waals surface area (Å²) < 4.78 is 10.5. The third-order valence-electron chi connectivity index (χ3n) is 4.04. The Morgan fingerprint density at radius 3 is 2.68 bits per heavy atom. The van der Waals surface area contributed by atoms with Crippen LogP contribution in [0.4, 0.5) is 0 Å². The maximum atomic E-state index is 12.5. The molecule has 0 radical (unpaired) electrons. The Labute approximate surface area is 114 Å². The zero-order valence-corrected chi connectivity index (χ0v) is 11.7. The zero-order valence-electron chi connectivity index (χ0n) is 11.7. The van der Waals surface area contributed by atoms with E-state index in [1.807, 2.05) is 24.3 Å².